The maximum absolute atomic E-state index is 12.0. The van der Waals surface area contributed by atoms with Crippen molar-refractivity contribution in [1.82, 2.24) is 5.32 Å². The van der Waals surface area contributed by atoms with Gasteiger partial charge in [-0.3, -0.25) is 4.79 Å². The van der Waals surface area contributed by atoms with Crippen molar-refractivity contribution in [1.29, 1.82) is 0 Å². The molecule has 0 aliphatic heterocycles. The van der Waals surface area contributed by atoms with E-state index in [1.54, 1.807) is 13.2 Å². The Hall–Kier alpha value is -1.39. The molecule has 4 nitrogen and oxygen atoms in total. The first-order valence-corrected chi connectivity index (χ1v) is 6.68. The van der Waals surface area contributed by atoms with Gasteiger partial charge >= 0.3 is 0 Å². The van der Waals surface area contributed by atoms with Gasteiger partial charge in [0.25, 0.3) is 5.91 Å². The third kappa shape index (κ3) is 5.41. The quantitative estimate of drug-likeness (QED) is 0.755. The number of carbonyl (C=O) groups is 1. The highest BCUT2D eigenvalue weighted by Gasteiger charge is 2.10. The molecule has 4 heteroatoms. The van der Waals surface area contributed by atoms with Crippen LogP contribution in [-0.2, 0) is 11.3 Å². The van der Waals surface area contributed by atoms with Crippen LogP contribution in [0.2, 0.25) is 0 Å². The summed E-state index contributed by atoms with van der Waals surface area (Å²) in [6.07, 6.45) is 1.67. The third-order valence-corrected chi connectivity index (χ3v) is 3.17. The van der Waals surface area contributed by atoms with E-state index in [4.69, 9.17) is 9.84 Å². The topological polar surface area (TPSA) is 58.6 Å². The monoisotopic (exact) mass is 265 g/mol. The van der Waals surface area contributed by atoms with Crippen molar-refractivity contribution >= 4 is 5.91 Å². The number of nitrogens with one attached hydrogen (secondary N) is 1. The van der Waals surface area contributed by atoms with E-state index in [0.29, 0.717) is 24.6 Å². The second-order valence-corrected chi connectivity index (χ2v) is 4.63. The highest BCUT2D eigenvalue weighted by molar-refractivity contribution is 5.94. The molecule has 1 amide bonds. The number of ether oxygens (including phenoxy) is 1. The van der Waals surface area contributed by atoms with E-state index in [9.17, 15) is 4.79 Å². The molecule has 0 aliphatic rings. The Morgan fingerprint density at radius 1 is 1.47 bits per heavy atom. The average Bonchev–Trinajstić information content (AvgIpc) is 2.43. The summed E-state index contributed by atoms with van der Waals surface area (Å²) in [6, 6.07) is 7.42. The maximum atomic E-state index is 12.0. The van der Waals surface area contributed by atoms with Gasteiger partial charge in [0.15, 0.2) is 0 Å². The molecule has 0 spiro atoms. The van der Waals surface area contributed by atoms with E-state index in [1.807, 2.05) is 18.2 Å². The van der Waals surface area contributed by atoms with Crippen molar-refractivity contribution in [2.24, 2.45) is 5.92 Å². The van der Waals surface area contributed by atoms with Crippen molar-refractivity contribution in [3.05, 3.63) is 35.4 Å². The standard InChI is InChI=1S/C15H23NO3/c1-3-12(7-8-17)10-16-15(18)14-6-4-5-13(9-14)11-19-2/h4-6,9,12,17H,3,7-8,10-11H2,1-2H3,(H,16,18). The Morgan fingerprint density at radius 3 is 2.89 bits per heavy atom. The number of amides is 1. The zero-order valence-corrected chi connectivity index (χ0v) is 11.7. The summed E-state index contributed by atoms with van der Waals surface area (Å²) >= 11 is 0. The molecular weight excluding hydrogens is 242 g/mol. The second-order valence-electron chi connectivity index (χ2n) is 4.63. The summed E-state index contributed by atoms with van der Waals surface area (Å²) < 4.78 is 5.05. The summed E-state index contributed by atoms with van der Waals surface area (Å²) in [5.41, 5.74) is 1.63. The highest BCUT2D eigenvalue weighted by atomic mass is 16.5. The molecule has 1 rings (SSSR count). The molecule has 0 aliphatic carbocycles. The van der Waals surface area contributed by atoms with Crippen LogP contribution in [0.3, 0.4) is 0 Å². The lowest BCUT2D eigenvalue weighted by molar-refractivity contribution is 0.0943. The molecule has 1 aromatic rings. The lowest BCUT2D eigenvalue weighted by Gasteiger charge is -2.14. The normalized spacial score (nSPS) is 12.2. The summed E-state index contributed by atoms with van der Waals surface area (Å²) in [5, 5.41) is 11.8. The molecule has 0 aromatic heterocycles. The van der Waals surface area contributed by atoms with Crippen molar-refractivity contribution in [3.63, 3.8) is 0 Å². The molecule has 0 saturated heterocycles. The van der Waals surface area contributed by atoms with E-state index < -0.39 is 0 Å². The summed E-state index contributed by atoms with van der Waals surface area (Å²) in [7, 11) is 1.63. The first kappa shape index (κ1) is 15.7. The maximum Gasteiger partial charge on any atom is 0.251 e. The fraction of sp³-hybridized carbons (Fsp3) is 0.533. The van der Waals surface area contributed by atoms with Crippen LogP contribution in [0.25, 0.3) is 0 Å². The van der Waals surface area contributed by atoms with Gasteiger partial charge in [-0.15, -0.1) is 0 Å². The number of hydrogen-bond donors (Lipinski definition) is 2. The first-order chi connectivity index (χ1) is 9.21. The Labute approximate surface area is 114 Å². The van der Waals surface area contributed by atoms with Gasteiger partial charge in [-0.1, -0.05) is 25.5 Å². The molecule has 1 atom stereocenters. The minimum Gasteiger partial charge on any atom is -0.396 e. The predicted octanol–water partition coefficient (Wildman–Crippen LogP) is 1.97. The fourth-order valence-corrected chi connectivity index (χ4v) is 1.94. The van der Waals surface area contributed by atoms with E-state index in [2.05, 4.69) is 12.2 Å². The smallest absolute Gasteiger partial charge is 0.251 e. The second kappa shape index (κ2) is 8.67. The minimum atomic E-state index is -0.0747. The summed E-state index contributed by atoms with van der Waals surface area (Å²) in [5.74, 6) is 0.255. The predicted molar refractivity (Wildman–Crippen MR) is 75.0 cm³/mol. The van der Waals surface area contributed by atoms with Crippen molar-refractivity contribution in [2.45, 2.75) is 26.4 Å². The van der Waals surface area contributed by atoms with Gasteiger partial charge in [0.1, 0.15) is 0 Å². The van der Waals surface area contributed by atoms with Gasteiger partial charge in [0.2, 0.25) is 0 Å². The molecule has 0 bridgehead atoms. The van der Waals surface area contributed by atoms with E-state index in [0.717, 1.165) is 18.4 Å². The lowest BCUT2D eigenvalue weighted by Crippen LogP contribution is -2.29. The van der Waals surface area contributed by atoms with Gasteiger partial charge in [-0.2, -0.15) is 0 Å². The molecule has 19 heavy (non-hydrogen) atoms. The number of aliphatic hydroxyl groups excluding tert-OH is 1. The van der Waals surface area contributed by atoms with Crippen LogP contribution in [0.5, 0.6) is 0 Å². The molecule has 0 radical (unpaired) electrons. The molecule has 0 heterocycles. The lowest BCUT2D eigenvalue weighted by atomic mass is 10.0. The number of aliphatic hydroxyl groups is 1. The number of carbonyl (C=O) groups excluding carboxylic acids is 1. The Morgan fingerprint density at radius 2 is 2.26 bits per heavy atom. The fourth-order valence-electron chi connectivity index (χ4n) is 1.94. The van der Waals surface area contributed by atoms with Crippen molar-refractivity contribution in [3.8, 4) is 0 Å². The molecule has 106 valence electrons. The summed E-state index contributed by atoms with van der Waals surface area (Å²) in [4.78, 5) is 12.0. The van der Waals surface area contributed by atoms with Crippen LogP contribution >= 0.6 is 0 Å². The van der Waals surface area contributed by atoms with Crippen molar-refractivity contribution < 1.29 is 14.6 Å². The van der Waals surface area contributed by atoms with Gasteiger partial charge in [0, 0.05) is 25.8 Å². The van der Waals surface area contributed by atoms with Gasteiger partial charge in [-0.25, -0.2) is 0 Å². The van der Waals surface area contributed by atoms with Crippen LogP contribution in [0, 0.1) is 5.92 Å². The van der Waals surface area contributed by atoms with Gasteiger partial charge in [-0.05, 0) is 30.0 Å². The zero-order chi connectivity index (χ0) is 14.1. The number of methoxy groups -OCH3 is 1. The first-order valence-electron chi connectivity index (χ1n) is 6.68. The molecule has 1 unspecified atom stereocenters. The molecule has 0 saturated carbocycles. The van der Waals surface area contributed by atoms with Crippen LogP contribution in [0.15, 0.2) is 24.3 Å². The Balaban J connectivity index is 2.55. The largest absolute Gasteiger partial charge is 0.396 e. The van der Waals surface area contributed by atoms with Gasteiger partial charge < -0.3 is 15.2 Å². The molecule has 2 N–H and O–H groups in total. The van der Waals surface area contributed by atoms with Crippen LogP contribution in [0.4, 0.5) is 0 Å². The van der Waals surface area contributed by atoms with E-state index in [1.165, 1.54) is 0 Å². The third-order valence-electron chi connectivity index (χ3n) is 3.17. The van der Waals surface area contributed by atoms with Crippen LogP contribution in [0.1, 0.15) is 35.7 Å². The zero-order valence-electron chi connectivity index (χ0n) is 11.7. The van der Waals surface area contributed by atoms with Crippen LogP contribution in [-0.4, -0.2) is 31.3 Å². The van der Waals surface area contributed by atoms with E-state index in [-0.39, 0.29) is 12.5 Å². The molecular formula is C15H23NO3. The number of rotatable bonds is 8. The Bertz CT molecular complexity index is 393. The van der Waals surface area contributed by atoms with E-state index >= 15 is 0 Å². The number of benzene rings is 1. The van der Waals surface area contributed by atoms with Gasteiger partial charge in [0.05, 0.1) is 6.61 Å². The average molecular weight is 265 g/mol. The van der Waals surface area contributed by atoms with Crippen LogP contribution < -0.4 is 5.32 Å². The van der Waals surface area contributed by atoms with Crippen molar-refractivity contribution in [2.75, 3.05) is 20.3 Å². The Kier molecular flexibility index (Phi) is 7.15. The SMILES string of the molecule is CCC(CCO)CNC(=O)c1cccc(COC)c1. The summed E-state index contributed by atoms with van der Waals surface area (Å²) in [6.45, 7) is 3.33. The molecule has 0 fully saturated rings. The minimum absolute atomic E-state index is 0.0747. The highest BCUT2D eigenvalue weighted by Crippen LogP contribution is 2.08. The number of hydrogen-bond acceptors (Lipinski definition) is 3. The molecule has 1 aromatic carbocycles.